The van der Waals surface area contributed by atoms with Gasteiger partial charge in [0.1, 0.15) is 23.2 Å². The molecule has 0 aromatic heterocycles. The summed E-state index contributed by atoms with van der Waals surface area (Å²) in [6, 6.07) is 24.7. The highest BCUT2D eigenvalue weighted by Crippen LogP contribution is 2.44. The van der Waals surface area contributed by atoms with Crippen molar-refractivity contribution in [2.45, 2.75) is 30.5 Å². The Kier molecular flexibility index (Phi) is 7.17. The van der Waals surface area contributed by atoms with Gasteiger partial charge >= 0.3 is 5.97 Å². The monoisotopic (exact) mass is 464 g/mol. The number of rotatable bonds is 8. The molecule has 1 aliphatic rings. The zero-order chi connectivity index (χ0) is 24.1. The van der Waals surface area contributed by atoms with E-state index in [9.17, 15) is 9.90 Å². The molecule has 3 aromatic rings. The molecule has 3 aromatic carbocycles. The zero-order valence-corrected chi connectivity index (χ0v) is 19.3. The maximum atomic E-state index is 12.1. The molecule has 7 nitrogen and oxygen atoms in total. The molecule has 0 aliphatic carbocycles. The van der Waals surface area contributed by atoms with Gasteiger partial charge in [-0.05, 0) is 41.0 Å². The number of carbonyl (C=O) groups excluding carboxylic acids is 1. The second-order valence-corrected chi connectivity index (χ2v) is 7.94. The number of methoxy groups -OCH3 is 3. The molecule has 0 spiro atoms. The van der Waals surface area contributed by atoms with Gasteiger partial charge in [0.25, 0.3) is 0 Å². The van der Waals surface area contributed by atoms with Crippen molar-refractivity contribution >= 4 is 5.97 Å². The third kappa shape index (κ3) is 4.50. The lowest BCUT2D eigenvalue weighted by Gasteiger charge is -2.38. The van der Waals surface area contributed by atoms with Gasteiger partial charge in [-0.15, -0.1) is 0 Å². The van der Waals surface area contributed by atoms with Crippen LogP contribution in [0.4, 0.5) is 0 Å². The Balaban J connectivity index is 1.87. The van der Waals surface area contributed by atoms with Crippen LogP contribution in [0.2, 0.25) is 0 Å². The molecule has 1 fully saturated rings. The number of ether oxygens (including phenoxy) is 5. The highest BCUT2D eigenvalue weighted by Gasteiger charge is 2.47. The first-order chi connectivity index (χ1) is 16.5. The van der Waals surface area contributed by atoms with E-state index in [0.717, 1.165) is 16.7 Å². The Morgan fingerprint density at radius 2 is 1.32 bits per heavy atom. The number of benzene rings is 3. The van der Waals surface area contributed by atoms with Gasteiger partial charge in [-0.2, -0.15) is 0 Å². The summed E-state index contributed by atoms with van der Waals surface area (Å²) in [7, 11) is 4.50. The van der Waals surface area contributed by atoms with Gasteiger partial charge in [0.15, 0.2) is 12.4 Å². The number of carbonyl (C=O) groups is 1. The van der Waals surface area contributed by atoms with E-state index < -0.39 is 30.1 Å². The van der Waals surface area contributed by atoms with Crippen molar-refractivity contribution in [3.63, 3.8) is 0 Å². The topological polar surface area (TPSA) is 83.5 Å². The summed E-state index contributed by atoms with van der Waals surface area (Å²) in [4.78, 5) is 12.1. The van der Waals surface area contributed by atoms with E-state index in [4.69, 9.17) is 23.7 Å². The molecule has 0 saturated carbocycles. The van der Waals surface area contributed by atoms with Crippen LogP contribution in [-0.4, -0.2) is 50.9 Å². The van der Waals surface area contributed by atoms with Crippen LogP contribution in [-0.2, 0) is 24.6 Å². The largest absolute Gasteiger partial charge is 0.497 e. The van der Waals surface area contributed by atoms with Crippen molar-refractivity contribution in [1.82, 2.24) is 0 Å². The summed E-state index contributed by atoms with van der Waals surface area (Å²) in [5.74, 6) is 0.844. The second kappa shape index (κ2) is 10.3. The smallest absolute Gasteiger partial charge is 0.335 e. The van der Waals surface area contributed by atoms with Crippen LogP contribution in [0.5, 0.6) is 11.5 Å². The Morgan fingerprint density at radius 3 is 1.79 bits per heavy atom. The van der Waals surface area contributed by atoms with Gasteiger partial charge < -0.3 is 28.8 Å². The third-order valence-electron chi connectivity index (χ3n) is 6.00. The highest BCUT2D eigenvalue weighted by molar-refractivity contribution is 5.74. The molecule has 178 valence electrons. The summed E-state index contributed by atoms with van der Waals surface area (Å²) < 4.78 is 28.0. The lowest BCUT2D eigenvalue weighted by Crippen LogP contribution is -2.40. The van der Waals surface area contributed by atoms with Crippen LogP contribution >= 0.6 is 0 Å². The molecular formula is C27H28O7. The molecule has 1 N–H and O–H groups in total. The summed E-state index contributed by atoms with van der Waals surface area (Å²) >= 11 is 0. The van der Waals surface area contributed by atoms with Crippen molar-refractivity contribution in [3.05, 3.63) is 95.6 Å². The van der Waals surface area contributed by atoms with Gasteiger partial charge in [0.05, 0.1) is 21.3 Å². The fraction of sp³-hybridized carbons (Fsp3) is 0.296. The molecule has 0 radical (unpaired) electrons. The second-order valence-electron chi connectivity index (χ2n) is 7.94. The predicted molar refractivity (Wildman–Crippen MR) is 125 cm³/mol. The standard InChI is InChI=1S/C27H28O7/c1-30-21-13-9-19(10-14-21)27(18-7-5-4-6-8-18,20-11-15-22(31-2)16-12-20)34-26-23(28)17-24(33-26)25(29)32-3/h4-16,23-24,26,28H,17H2,1-3H3/t23-,24?,26+/m0/s1. The van der Waals surface area contributed by atoms with Crippen molar-refractivity contribution in [1.29, 1.82) is 0 Å². The van der Waals surface area contributed by atoms with E-state index in [2.05, 4.69) is 0 Å². The normalized spacial score (nSPS) is 20.1. The van der Waals surface area contributed by atoms with Gasteiger partial charge in [-0.25, -0.2) is 4.79 Å². The number of hydrogen-bond donors (Lipinski definition) is 1. The first-order valence-corrected chi connectivity index (χ1v) is 11.0. The van der Waals surface area contributed by atoms with Crippen molar-refractivity contribution in [2.75, 3.05) is 21.3 Å². The Labute approximate surface area is 198 Å². The Bertz CT molecular complexity index is 1030. The Morgan fingerprint density at radius 1 is 0.824 bits per heavy atom. The van der Waals surface area contributed by atoms with E-state index in [1.54, 1.807) is 14.2 Å². The van der Waals surface area contributed by atoms with Crippen molar-refractivity contribution in [3.8, 4) is 11.5 Å². The van der Waals surface area contributed by atoms with Crippen LogP contribution in [0.3, 0.4) is 0 Å². The average molecular weight is 465 g/mol. The van der Waals surface area contributed by atoms with Gasteiger partial charge in [0.2, 0.25) is 0 Å². The van der Waals surface area contributed by atoms with Crippen LogP contribution in [0.25, 0.3) is 0 Å². The van der Waals surface area contributed by atoms with Crippen LogP contribution < -0.4 is 9.47 Å². The van der Waals surface area contributed by atoms with Crippen LogP contribution in [0.15, 0.2) is 78.9 Å². The summed E-state index contributed by atoms with van der Waals surface area (Å²) in [5, 5.41) is 10.8. The molecule has 1 saturated heterocycles. The molecule has 0 amide bonds. The van der Waals surface area contributed by atoms with E-state index in [1.807, 2.05) is 78.9 Å². The van der Waals surface area contributed by atoms with Crippen molar-refractivity contribution in [2.24, 2.45) is 0 Å². The number of esters is 1. The fourth-order valence-electron chi connectivity index (χ4n) is 4.23. The zero-order valence-electron chi connectivity index (χ0n) is 19.3. The predicted octanol–water partition coefficient (Wildman–Crippen LogP) is 3.66. The van der Waals surface area contributed by atoms with E-state index in [0.29, 0.717) is 11.5 Å². The minimum atomic E-state index is -1.17. The summed E-state index contributed by atoms with van der Waals surface area (Å²) in [6.07, 6.45) is -2.93. The minimum Gasteiger partial charge on any atom is -0.497 e. The fourth-order valence-corrected chi connectivity index (χ4v) is 4.23. The average Bonchev–Trinajstić information content (AvgIpc) is 3.27. The molecule has 1 heterocycles. The summed E-state index contributed by atoms with van der Waals surface area (Å²) in [6.45, 7) is 0. The van der Waals surface area contributed by atoms with Crippen molar-refractivity contribution < 1.29 is 33.6 Å². The van der Waals surface area contributed by atoms with Gasteiger partial charge in [-0.1, -0.05) is 54.6 Å². The number of aliphatic hydroxyl groups excluding tert-OH is 1. The van der Waals surface area contributed by atoms with Gasteiger partial charge in [0, 0.05) is 6.42 Å². The van der Waals surface area contributed by atoms with Crippen LogP contribution in [0.1, 0.15) is 23.1 Å². The lowest BCUT2D eigenvalue weighted by atomic mass is 9.80. The Hall–Kier alpha value is -3.39. The number of hydrogen-bond acceptors (Lipinski definition) is 7. The molecule has 1 aliphatic heterocycles. The molecular weight excluding hydrogens is 436 g/mol. The van der Waals surface area contributed by atoms with E-state index in [-0.39, 0.29) is 6.42 Å². The summed E-state index contributed by atoms with van der Waals surface area (Å²) in [5.41, 5.74) is 1.24. The van der Waals surface area contributed by atoms with E-state index in [1.165, 1.54) is 7.11 Å². The molecule has 34 heavy (non-hydrogen) atoms. The molecule has 0 bridgehead atoms. The lowest BCUT2D eigenvalue weighted by molar-refractivity contribution is -0.212. The third-order valence-corrected chi connectivity index (χ3v) is 6.00. The first-order valence-electron chi connectivity index (χ1n) is 11.0. The molecule has 1 unspecified atom stereocenters. The minimum absolute atomic E-state index is 0.0768. The van der Waals surface area contributed by atoms with Gasteiger partial charge in [-0.3, -0.25) is 0 Å². The highest BCUT2D eigenvalue weighted by atomic mass is 16.7. The molecule has 4 rings (SSSR count). The quantitative estimate of drug-likeness (QED) is 0.402. The van der Waals surface area contributed by atoms with E-state index >= 15 is 0 Å². The maximum absolute atomic E-state index is 12.1. The van der Waals surface area contributed by atoms with Crippen LogP contribution in [0, 0.1) is 0 Å². The first kappa shape index (κ1) is 23.8. The maximum Gasteiger partial charge on any atom is 0.335 e. The number of aliphatic hydroxyl groups is 1. The molecule has 7 heteroatoms. The molecule has 3 atom stereocenters. The SMILES string of the molecule is COC(=O)C1C[C@H](O)[C@@H](OC(c2ccccc2)(c2ccc(OC)cc2)c2ccc(OC)cc2)O1.